The van der Waals surface area contributed by atoms with Gasteiger partial charge in [-0.15, -0.1) is 0 Å². The molecule has 2 rings (SSSR count). The van der Waals surface area contributed by atoms with Gasteiger partial charge in [-0.3, -0.25) is 0 Å². The molecule has 0 unspecified atom stereocenters. The molecule has 1 N–H and O–H groups in total. The van der Waals surface area contributed by atoms with Crippen LogP contribution in [0.2, 0.25) is 0 Å². The maximum atomic E-state index is 11.8. The quantitative estimate of drug-likeness (QED) is 0.398. The molecule has 0 fully saturated rings. The zero-order valence-corrected chi connectivity index (χ0v) is 16.3. The summed E-state index contributed by atoms with van der Waals surface area (Å²) in [6, 6.07) is 2.93. The molecule has 1 aromatic heterocycles. The van der Waals surface area contributed by atoms with Crippen LogP contribution in [0.3, 0.4) is 0 Å². The third-order valence-electron chi connectivity index (χ3n) is 3.80. The number of ether oxygens (including phenoxy) is 6. The highest BCUT2D eigenvalue weighted by Gasteiger charge is 2.41. The maximum Gasteiger partial charge on any atom is 0.337 e. The number of carbonyl (C=O) groups is 1. The fourth-order valence-electron chi connectivity index (χ4n) is 2.28. The van der Waals surface area contributed by atoms with Gasteiger partial charge >= 0.3 is 5.97 Å². The van der Waals surface area contributed by atoms with Crippen molar-refractivity contribution in [3.63, 3.8) is 0 Å². The van der Waals surface area contributed by atoms with Crippen molar-refractivity contribution in [2.45, 2.75) is 12.5 Å². The SMILES string of the molecule is COCCOCCOCCOc1ccc(O)c(C2=N[C@@](C)(C(=O)OC)CO2)n1. The number of rotatable bonds is 12. The van der Waals surface area contributed by atoms with Crippen LogP contribution in [0.5, 0.6) is 11.6 Å². The average molecular weight is 398 g/mol. The lowest BCUT2D eigenvalue weighted by Gasteiger charge is -2.13. The largest absolute Gasteiger partial charge is 0.505 e. The van der Waals surface area contributed by atoms with Crippen molar-refractivity contribution in [1.29, 1.82) is 0 Å². The first-order valence-electron chi connectivity index (χ1n) is 8.79. The Morgan fingerprint density at radius 3 is 2.50 bits per heavy atom. The van der Waals surface area contributed by atoms with Crippen LogP contribution in [0.15, 0.2) is 17.1 Å². The number of nitrogens with zero attached hydrogens (tertiary/aromatic N) is 2. The Labute approximate surface area is 163 Å². The molecule has 0 amide bonds. The molecule has 0 aromatic carbocycles. The van der Waals surface area contributed by atoms with Crippen LogP contribution in [0.4, 0.5) is 0 Å². The second-order valence-electron chi connectivity index (χ2n) is 6.05. The van der Waals surface area contributed by atoms with Crippen LogP contribution in [0, 0.1) is 0 Å². The number of methoxy groups -OCH3 is 2. The first kappa shape index (κ1) is 21.9. The normalized spacial score (nSPS) is 18.5. The van der Waals surface area contributed by atoms with E-state index in [9.17, 15) is 9.90 Å². The minimum absolute atomic E-state index is 0.00149. The molecule has 156 valence electrons. The molecule has 0 spiro atoms. The number of hydrogen-bond acceptors (Lipinski definition) is 10. The van der Waals surface area contributed by atoms with E-state index in [0.29, 0.717) is 33.0 Å². The Morgan fingerprint density at radius 1 is 1.14 bits per heavy atom. The minimum atomic E-state index is -1.17. The van der Waals surface area contributed by atoms with E-state index >= 15 is 0 Å². The number of aromatic nitrogens is 1. The molecule has 0 saturated carbocycles. The highest BCUT2D eigenvalue weighted by atomic mass is 16.6. The van der Waals surface area contributed by atoms with Crippen molar-refractivity contribution < 1.29 is 38.3 Å². The molecule has 1 aromatic rings. The summed E-state index contributed by atoms with van der Waals surface area (Å²) in [5.74, 6) is -0.339. The van der Waals surface area contributed by atoms with Crippen LogP contribution < -0.4 is 4.74 Å². The number of carbonyl (C=O) groups excluding carboxylic acids is 1. The molecule has 0 radical (unpaired) electrons. The maximum absolute atomic E-state index is 11.8. The Hall–Kier alpha value is -2.43. The van der Waals surface area contributed by atoms with Gasteiger partial charge in [0, 0.05) is 13.2 Å². The fourth-order valence-corrected chi connectivity index (χ4v) is 2.28. The zero-order chi connectivity index (χ0) is 20.4. The summed E-state index contributed by atoms with van der Waals surface area (Å²) in [6.07, 6.45) is 0. The van der Waals surface area contributed by atoms with Gasteiger partial charge in [-0.05, 0) is 13.0 Å². The summed E-state index contributed by atoms with van der Waals surface area (Å²) >= 11 is 0. The van der Waals surface area contributed by atoms with Crippen molar-refractivity contribution in [2.75, 3.05) is 60.5 Å². The number of aromatic hydroxyl groups is 1. The molecule has 10 heteroatoms. The summed E-state index contributed by atoms with van der Waals surface area (Å²) in [4.78, 5) is 20.2. The second-order valence-corrected chi connectivity index (χ2v) is 6.05. The third-order valence-corrected chi connectivity index (χ3v) is 3.80. The van der Waals surface area contributed by atoms with Gasteiger partial charge < -0.3 is 33.5 Å². The summed E-state index contributed by atoms with van der Waals surface area (Å²) in [5.41, 5.74) is -1.08. The lowest BCUT2D eigenvalue weighted by atomic mass is 10.1. The molecule has 0 bridgehead atoms. The molecular weight excluding hydrogens is 372 g/mol. The monoisotopic (exact) mass is 398 g/mol. The van der Waals surface area contributed by atoms with Gasteiger partial charge in [0.05, 0.1) is 40.1 Å². The summed E-state index contributed by atoms with van der Waals surface area (Å²) in [5, 5.41) is 10.0. The Kier molecular flexibility index (Phi) is 8.42. The van der Waals surface area contributed by atoms with Gasteiger partial charge in [-0.25, -0.2) is 14.8 Å². The summed E-state index contributed by atoms with van der Waals surface area (Å²) < 4.78 is 31.2. The van der Waals surface area contributed by atoms with Crippen molar-refractivity contribution in [3.8, 4) is 11.6 Å². The molecule has 0 aliphatic carbocycles. The lowest BCUT2D eigenvalue weighted by Crippen LogP contribution is -2.35. The highest BCUT2D eigenvalue weighted by molar-refractivity contribution is 5.99. The summed E-state index contributed by atoms with van der Waals surface area (Å²) in [7, 11) is 2.89. The van der Waals surface area contributed by atoms with E-state index in [2.05, 4.69) is 9.98 Å². The van der Waals surface area contributed by atoms with E-state index in [4.69, 9.17) is 28.4 Å². The molecule has 1 aliphatic rings. The Bertz CT molecular complexity index is 682. The third kappa shape index (κ3) is 6.04. The van der Waals surface area contributed by atoms with Gasteiger partial charge in [0.1, 0.15) is 19.0 Å². The molecule has 1 aliphatic heterocycles. The van der Waals surface area contributed by atoms with Gasteiger partial charge in [0.2, 0.25) is 11.8 Å². The molecule has 0 saturated heterocycles. The molecule has 10 nitrogen and oxygen atoms in total. The van der Waals surface area contributed by atoms with E-state index in [-0.39, 0.29) is 36.4 Å². The standard InChI is InChI=1S/C18H26N2O8/c1-18(17(22)24-3)12-28-16(20-18)15-13(21)4-5-14(19-15)27-11-10-26-9-8-25-7-6-23-2/h4-5,21H,6-12H2,1-3H3/t18-/m1/s1. The van der Waals surface area contributed by atoms with Crippen LogP contribution in [-0.2, 0) is 28.5 Å². The predicted octanol–water partition coefficient (Wildman–Crippen LogP) is 0.554. The topological polar surface area (TPSA) is 118 Å². The van der Waals surface area contributed by atoms with Gasteiger partial charge in [0.25, 0.3) is 0 Å². The first-order valence-corrected chi connectivity index (χ1v) is 8.79. The molecule has 1 atom stereocenters. The highest BCUT2D eigenvalue weighted by Crippen LogP contribution is 2.27. The van der Waals surface area contributed by atoms with Crippen molar-refractivity contribution in [3.05, 3.63) is 17.8 Å². The van der Waals surface area contributed by atoms with Gasteiger partial charge in [-0.1, -0.05) is 0 Å². The van der Waals surface area contributed by atoms with Crippen LogP contribution in [0.1, 0.15) is 12.6 Å². The minimum Gasteiger partial charge on any atom is -0.505 e. The Morgan fingerprint density at radius 2 is 1.82 bits per heavy atom. The fraction of sp³-hybridized carbons (Fsp3) is 0.611. The first-order chi connectivity index (χ1) is 13.5. The van der Waals surface area contributed by atoms with Crippen molar-refractivity contribution >= 4 is 11.9 Å². The molecule has 28 heavy (non-hydrogen) atoms. The number of esters is 1. The van der Waals surface area contributed by atoms with E-state index in [1.165, 1.54) is 19.2 Å². The molecular formula is C18H26N2O8. The van der Waals surface area contributed by atoms with Crippen molar-refractivity contribution in [1.82, 2.24) is 4.98 Å². The number of hydrogen-bond donors (Lipinski definition) is 1. The van der Waals surface area contributed by atoms with E-state index in [1.807, 2.05) is 0 Å². The smallest absolute Gasteiger partial charge is 0.337 e. The second kappa shape index (κ2) is 10.8. The van der Waals surface area contributed by atoms with Gasteiger partial charge in [0.15, 0.2) is 11.2 Å². The Balaban J connectivity index is 1.83. The van der Waals surface area contributed by atoms with Crippen molar-refractivity contribution in [2.24, 2.45) is 4.99 Å². The molecule has 2 heterocycles. The van der Waals surface area contributed by atoms with Crippen LogP contribution in [-0.4, -0.2) is 88.0 Å². The number of aliphatic imine (C=N–C) groups is 1. The van der Waals surface area contributed by atoms with Crippen LogP contribution in [0.25, 0.3) is 0 Å². The van der Waals surface area contributed by atoms with Gasteiger partial charge in [-0.2, -0.15) is 0 Å². The van der Waals surface area contributed by atoms with E-state index in [1.54, 1.807) is 14.0 Å². The zero-order valence-electron chi connectivity index (χ0n) is 16.3. The lowest BCUT2D eigenvalue weighted by molar-refractivity contribution is -0.146. The average Bonchev–Trinajstić information content (AvgIpc) is 3.10. The number of pyridine rings is 1. The van der Waals surface area contributed by atoms with Crippen LogP contribution >= 0.6 is 0 Å². The predicted molar refractivity (Wildman–Crippen MR) is 97.8 cm³/mol. The van der Waals surface area contributed by atoms with E-state index < -0.39 is 11.5 Å². The van der Waals surface area contributed by atoms with E-state index in [0.717, 1.165) is 0 Å². The summed E-state index contributed by atoms with van der Waals surface area (Å²) in [6.45, 7) is 4.19.